The first-order valence-electron chi connectivity index (χ1n) is 3.24. The summed E-state index contributed by atoms with van der Waals surface area (Å²) in [7, 11) is -0.650. The van der Waals surface area contributed by atoms with E-state index in [1.165, 1.54) is 18.5 Å². The Hall–Kier alpha value is 0.697. The van der Waals surface area contributed by atoms with Gasteiger partial charge in [-0.2, -0.15) is 0 Å². The molecule has 0 N–H and O–H groups in total. The number of rotatable bonds is 0. The molecule has 0 radical (unpaired) electrons. The first kappa shape index (κ1) is 6.81. The van der Waals surface area contributed by atoms with E-state index in [1.807, 2.05) is 0 Å². The minimum Gasteiger partial charge on any atom is -0.0894 e. The Bertz CT molecular complexity index is 90.5. The molecule has 8 heavy (non-hydrogen) atoms. The zero-order chi connectivity index (χ0) is 6.20. The third kappa shape index (κ3) is 1.59. The molecule has 1 saturated heterocycles. The van der Waals surface area contributed by atoms with Gasteiger partial charge in [0.25, 0.3) is 0 Å². The highest BCUT2D eigenvalue weighted by molar-refractivity contribution is 9.09. The van der Waals surface area contributed by atoms with Crippen LogP contribution in [-0.4, -0.2) is 12.9 Å². The van der Waals surface area contributed by atoms with Crippen LogP contribution in [0, 0.1) is 0 Å². The molecule has 0 nitrogen and oxygen atoms in total. The van der Waals surface area contributed by atoms with E-state index in [1.54, 1.807) is 0 Å². The quantitative estimate of drug-likeness (QED) is 0.410. The Labute approximate surface area is 60.8 Å². The molecule has 0 spiro atoms. The third-order valence-corrected chi connectivity index (χ3v) is 6.53. The van der Waals surface area contributed by atoms with Crippen molar-refractivity contribution in [3.8, 4) is 0 Å². The molecule has 0 saturated carbocycles. The first-order valence-corrected chi connectivity index (χ1v) is 7.57. The molecule has 0 aromatic heterocycles. The lowest BCUT2D eigenvalue weighted by atomic mass is 10.4. The van der Waals surface area contributed by atoms with Crippen LogP contribution in [0.4, 0.5) is 0 Å². The Balaban J connectivity index is 2.44. The average molecular weight is 193 g/mol. The Morgan fingerprint density at radius 1 is 1.50 bits per heavy atom. The molecule has 1 aliphatic heterocycles. The van der Waals surface area contributed by atoms with Crippen LogP contribution in [0.15, 0.2) is 0 Å². The molecule has 48 valence electrons. The van der Waals surface area contributed by atoms with Crippen LogP contribution in [0.3, 0.4) is 0 Å². The molecule has 0 aliphatic carbocycles. The van der Waals surface area contributed by atoms with Crippen molar-refractivity contribution >= 4 is 24.0 Å². The molecular weight excluding hydrogens is 180 g/mol. The zero-order valence-electron chi connectivity index (χ0n) is 5.58. The molecule has 1 heterocycles. The van der Waals surface area contributed by atoms with Crippen molar-refractivity contribution in [1.82, 2.24) is 0 Å². The lowest BCUT2D eigenvalue weighted by Crippen LogP contribution is -2.19. The lowest BCUT2D eigenvalue weighted by Gasteiger charge is -2.11. The molecule has 1 rings (SSSR count). The molecule has 1 unspecified atom stereocenters. The second kappa shape index (κ2) is 2.14. The van der Waals surface area contributed by atoms with Crippen LogP contribution in [0.25, 0.3) is 0 Å². The number of halogens is 1. The summed E-state index contributed by atoms with van der Waals surface area (Å²) >= 11 is 3.65. The van der Waals surface area contributed by atoms with Crippen molar-refractivity contribution in [2.24, 2.45) is 0 Å². The van der Waals surface area contributed by atoms with Gasteiger partial charge in [0.15, 0.2) is 0 Å². The van der Waals surface area contributed by atoms with Crippen LogP contribution < -0.4 is 0 Å². The topological polar surface area (TPSA) is 0 Å². The van der Waals surface area contributed by atoms with Crippen LogP contribution in [0.1, 0.15) is 6.42 Å². The highest BCUT2D eigenvalue weighted by atomic mass is 79.9. The van der Waals surface area contributed by atoms with Gasteiger partial charge in [-0.25, -0.2) is 0 Å². The van der Waals surface area contributed by atoms with E-state index in [9.17, 15) is 0 Å². The van der Waals surface area contributed by atoms with E-state index in [0.29, 0.717) is 0 Å². The number of hydrogen-bond donors (Lipinski definition) is 0. The van der Waals surface area contributed by atoms with Gasteiger partial charge in [-0.1, -0.05) is 35.1 Å². The van der Waals surface area contributed by atoms with E-state index < -0.39 is 8.07 Å². The van der Waals surface area contributed by atoms with Crippen molar-refractivity contribution in [2.45, 2.75) is 36.4 Å². The minimum absolute atomic E-state index is 0.650. The zero-order valence-corrected chi connectivity index (χ0v) is 8.16. The van der Waals surface area contributed by atoms with Crippen molar-refractivity contribution in [3.63, 3.8) is 0 Å². The van der Waals surface area contributed by atoms with E-state index in [4.69, 9.17) is 0 Å². The van der Waals surface area contributed by atoms with Crippen LogP contribution in [-0.2, 0) is 0 Å². The minimum atomic E-state index is -0.650. The van der Waals surface area contributed by atoms with Crippen LogP contribution in [0.2, 0.25) is 25.2 Å². The van der Waals surface area contributed by atoms with Gasteiger partial charge in [-0.15, -0.1) is 0 Å². The summed E-state index contributed by atoms with van der Waals surface area (Å²) in [5.41, 5.74) is 0. The Morgan fingerprint density at radius 3 is 2.25 bits per heavy atom. The van der Waals surface area contributed by atoms with Crippen LogP contribution in [0.5, 0.6) is 0 Å². The maximum Gasteiger partial charge on any atom is 0.0485 e. The number of alkyl halides is 1. The van der Waals surface area contributed by atoms with Crippen molar-refractivity contribution in [2.75, 3.05) is 0 Å². The molecule has 0 aromatic rings. The normalized spacial score (nSPS) is 35.6. The van der Waals surface area contributed by atoms with Gasteiger partial charge in [0.05, 0.1) is 0 Å². The van der Waals surface area contributed by atoms with Gasteiger partial charge in [-0.05, 0) is 12.5 Å². The van der Waals surface area contributed by atoms with E-state index >= 15 is 0 Å². The SMILES string of the molecule is C[Si]1(C)CCC(Br)C1. The fraction of sp³-hybridized carbons (Fsp3) is 1.00. The van der Waals surface area contributed by atoms with Crippen molar-refractivity contribution < 1.29 is 0 Å². The van der Waals surface area contributed by atoms with E-state index in [-0.39, 0.29) is 0 Å². The number of hydrogen-bond acceptors (Lipinski definition) is 0. The smallest absolute Gasteiger partial charge is 0.0485 e. The van der Waals surface area contributed by atoms with E-state index in [0.717, 1.165) is 4.83 Å². The molecule has 0 aromatic carbocycles. The summed E-state index contributed by atoms with van der Waals surface area (Å²) < 4.78 is 0. The molecular formula is C6H13BrSi. The van der Waals surface area contributed by atoms with Gasteiger partial charge >= 0.3 is 0 Å². The predicted molar refractivity (Wildman–Crippen MR) is 44.4 cm³/mol. The highest BCUT2D eigenvalue weighted by Crippen LogP contribution is 2.34. The maximum absolute atomic E-state index is 3.65. The monoisotopic (exact) mass is 192 g/mol. The lowest BCUT2D eigenvalue weighted by molar-refractivity contribution is 0.972. The standard InChI is InChI=1S/C6H13BrSi/c1-8(2)4-3-6(7)5-8/h6H,3-5H2,1-2H3. The average Bonchev–Trinajstić information content (AvgIpc) is 1.82. The second-order valence-corrected chi connectivity index (χ2v) is 10.0. The summed E-state index contributed by atoms with van der Waals surface area (Å²) in [6, 6.07) is 3.02. The summed E-state index contributed by atoms with van der Waals surface area (Å²) in [6.07, 6.45) is 1.43. The van der Waals surface area contributed by atoms with Gasteiger partial charge in [0.2, 0.25) is 0 Å². The predicted octanol–water partition coefficient (Wildman–Crippen LogP) is 2.86. The third-order valence-electron chi connectivity index (χ3n) is 1.91. The van der Waals surface area contributed by atoms with Crippen molar-refractivity contribution in [3.05, 3.63) is 0 Å². The van der Waals surface area contributed by atoms with Gasteiger partial charge in [0, 0.05) is 12.9 Å². The summed E-state index contributed by atoms with van der Waals surface area (Å²) in [6.45, 7) is 4.96. The fourth-order valence-corrected chi connectivity index (χ4v) is 7.37. The van der Waals surface area contributed by atoms with Gasteiger partial charge in [-0.3, -0.25) is 0 Å². The van der Waals surface area contributed by atoms with Gasteiger partial charge < -0.3 is 0 Å². The highest BCUT2D eigenvalue weighted by Gasteiger charge is 2.30. The second-order valence-electron chi connectivity index (χ2n) is 3.50. The summed E-state index contributed by atoms with van der Waals surface area (Å²) in [5.74, 6) is 0. The van der Waals surface area contributed by atoms with Crippen molar-refractivity contribution in [1.29, 1.82) is 0 Å². The molecule has 0 bridgehead atoms. The largest absolute Gasteiger partial charge is 0.0894 e. The fourth-order valence-electron chi connectivity index (χ4n) is 1.35. The molecule has 2 heteroatoms. The van der Waals surface area contributed by atoms with Crippen LogP contribution >= 0.6 is 15.9 Å². The van der Waals surface area contributed by atoms with Gasteiger partial charge in [0.1, 0.15) is 0 Å². The summed E-state index contributed by atoms with van der Waals surface area (Å²) in [4.78, 5) is 0.865. The summed E-state index contributed by atoms with van der Waals surface area (Å²) in [5, 5.41) is 0. The molecule has 0 amide bonds. The maximum atomic E-state index is 3.65. The molecule has 1 aliphatic rings. The molecule has 1 fully saturated rings. The molecule has 1 atom stereocenters. The Kier molecular flexibility index (Phi) is 1.82. The Morgan fingerprint density at radius 2 is 2.12 bits per heavy atom. The first-order chi connectivity index (χ1) is 3.60. The van der Waals surface area contributed by atoms with E-state index in [2.05, 4.69) is 29.0 Å².